The Hall–Kier alpha value is -2.43. The molecule has 1 aromatic carbocycles. The highest BCUT2D eigenvalue weighted by Gasteiger charge is 2.09. The van der Waals surface area contributed by atoms with Crippen LogP contribution in [0.25, 0.3) is 10.9 Å². The molecular formula is C14H16N4O. The van der Waals surface area contributed by atoms with E-state index in [1.54, 1.807) is 12.5 Å². The number of nitrogens with one attached hydrogen (secondary N) is 2. The minimum Gasteiger partial charge on any atom is -0.469 e. The molecule has 1 unspecified atom stereocenters. The molecule has 1 atom stereocenters. The molecule has 0 saturated carbocycles. The molecule has 3 rings (SSSR count). The Morgan fingerprint density at radius 2 is 2.37 bits per heavy atom. The van der Waals surface area contributed by atoms with Gasteiger partial charge in [-0.15, -0.1) is 0 Å². The van der Waals surface area contributed by atoms with E-state index in [0.29, 0.717) is 0 Å². The minimum atomic E-state index is 0.230. The highest BCUT2D eigenvalue weighted by atomic mass is 16.3. The zero-order chi connectivity index (χ0) is 13.2. The number of furan rings is 1. The predicted octanol–water partition coefficient (Wildman–Crippen LogP) is 2.78. The molecule has 5 nitrogen and oxygen atoms in total. The van der Waals surface area contributed by atoms with Crippen LogP contribution >= 0.6 is 0 Å². The molecule has 0 spiro atoms. The largest absolute Gasteiger partial charge is 0.469 e. The van der Waals surface area contributed by atoms with Crippen molar-refractivity contribution < 1.29 is 4.42 Å². The first-order chi connectivity index (χ1) is 9.22. The van der Waals surface area contributed by atoms with Crippen LogP contribution in [0, 0.1) is 0 Å². The first kappa shape index (κ1) is 11.6. The quantitative estimate of drug-likeness (QED) is 0.627. The third-order valence-electron chi connectivity index (χ3n) is 3.10. The van der Waals surface area contributed by atoms with E-state index in [4.69, 9.17) is 10.2 Å². The van der Waals surface area contributed by atoms with Crippen LogP contribution in [0.1, 0.15) is 12.7 Å². The van der Waals surface area contributed by atoms with Crippen molar-refractivity contribution in [3.8, 4) is 0 Å². The molecular weight excluding hydrogens is 240 g/mol. The van der Waals surface area contributed by atoms with Gasteiger partial charge in [-0.05, 0) is 31.2 Å². The molecule has 19 heavy (non-hydrogen) atoms. The summed E-state index contributed by atoms with van der Waals surface area (Å²) < 4.78 is 5.34. The summed E-state index contributed by atoms with van der Waals surface area (Å²) in [7, 11) is 0. The third kappa shape index (κ3) is 2.40. The molecule has 0 bridgehead atoms. The second-order valence-electron chi connectivity index (χ2n) is 4.73. The maximum Gasteiger partial charge on any atom is 0.105 e. The van der Waals surface area contributed by atoms with E-state index < -0.39 is 0 Å². The summed E-state index contributed by atoms with van der Waals surface area (Å²) >= 11 is 0. The van der Waals surface area contributed by atoms with E-state index in [9.17, 15) is 0 Å². The number of nitrogens with two attached hydrogens (primary N) is 1. The smallest absolute Gasteiger partial charge is 0.105 e. The van der Waals surface area contributed by atoms with Gasteiger partial charge >= 0.3 is 0 Å². The van der Waals surface area contributed by atoms with Crippen molar-refractivity contribution in [2.45, 2.75) is 19.4 Å². The van der Waals surface area contributed by atoms with Crippen LogP contribution < -0.4 is 11.1 Å². The van der Waals surface area contributed by atoms with Crippen molar-refractivity contribution in [3.05, 3.63) is 42.5 Å². The van der Waals surface area contributed by atoms with E-state index in [1.807, 2.05) is 24.3 Å². The molecule has 0 aliphatic carbocycles. The minimum absolute atomic E-state index is 0.230. The monoisotopic (exact) mass is 256 g/mol. The molecule has 98 valence electrons. The Morgan fingerprint density at radius 1 is 1.47 bits per heavy atom. The van der Waals surface area contributed by atoms with Crippen LogP contribution in [0.15, 0.2) is 41.1 Å². The lowest BCUT2D eigenvalue weighted by molar-refractivity contribution is 0.498. The van der Waals surface area contributed by atoms with Gasteiger partial charge in [-0.3, -0.25) is 5.10 Å². The van der Waals surface area contributed by atoms with Gasteiger partial charge in [-0.1, -0.05) is 0 Å². The second kappa shape index (κ2) is 4.68. The van der Waals surface area contributed by atoms with Crippen molar-refractivity contribution in [1.82, 2.24) is 10.2 Å². The number of aromatic amines is 1. The number of benzene rings is 1. The fourth-order valence-electron chi connectivity index (χ4n) is 2.18. The van der Waals surface area contributed by atoms with Crippen molar-refractivity contribution in [1.29, 1.82) is 0 Å². The summed E-state index contributed by atoms with van der Waals surface area (Å²) in [4.78, 5) is 0. The number of rotatable bonds is 4. The molecule has 4 N–H and O–H groups in total. The molecule has 5 heteroatoms. The van der Waals surface area contributed by atoms with Gasteiger partial charge < -0.3 is 15.5 Å². The average molecular weight is 256 g/mol. The molecule has 0 aliphatic heterocycles. The number of aromatic nitrogens is 2. The molecule has 2 heterocycles. The summed E-state index contributed by atoms with van der Waals surface area (Å²) in [6.07, 6.45) is 4.27. The first-order valence-corrected chi connectivity index (χ1v) is 6.24. The van der Waals surface area contributed by atoms with Gasteiger partial charge in [-0.2, -0.15) is 5.10 Å². The molecule has 0 fully saturated rings. The number of H-pyrrole nitrogens is 1. The molecule has 0 saturated heterocycles. The van der Waals surface area contributed by atoms with E-state index in [0.717, 1.165) is 34.5 Å². The lowest BCUT2D eigenvalue weighted by Crippen LogP contribution is -2.18. The van der Waals surface area contributed by atoms with Gasteiger partial charge in [0.25, 0.3) is 0 Å². The molecule has 0 amide bonds. The molecule has 2 aromatic heterocycles. The Kier molecular flexibility index (Phi) is 2.87. The van der Waals surface area contributed by atoms with Crippen molar-refractivity contribution in [3.63, 3.8) is 0 Å². The van der Waals surface area contributed by atoms with E-state index >= 15 is 0 Å². The zero-order valence-electron chi connectivity index (χ0n) is 10.7. The lowest BCUT2D eigenvalue weighted by atomic mass is 10.1. The molecule has 0 radical (unpaired) electrons. The van der Waals surface area contributed by atoms with Crippen LogP contribution in [-0.4, -0.2) is 16.2 Å². The predicted molar refractivity (Wildman–Crippen MR) is 76.0 cm³/mol. The highest BCUT2D eigenvalue weighted by Crippen LogP contribution is 2.25. The zero-order valence-corrected chi connectivity index (χ0v) is 10.7. The van der Waals surface area contributed by atoms with E-state index in [1.165, 1.54) is 0 Å². The second-order valence-corrected chi connectivity index (χ2v) is 4.73. The lowest BCUT2D eigenvalue weighted by Gasteiger charge is -2.15. The maximum absolute atomic E-state index is 6.04. The summed E-state index contributed by atoms with van der Waals surface area (Å²) in [5.41, 5.74) is 8.65. The van der Waals surface area contributed by atoms with Crippen LogP contribution in [0.2, 0.25) is 0 Å². The Morgan fingerprint density at radius 3 is 3.16 bits per heavy atom. The van der Waals surface area contributed by atoms with Crippen molar-refractivity contribution in [2.24, 2.45) is 0 Å². The van der Waals surface area contributed by atoms with Crippen molar-refractivity contribution in [2.75, 3.05) is 11.1 Å². The highest BCUT2D eigenvalue weighted by molar-refractivity contribution is 5.88. The van der Waals surface area contributed by atoms with Gasteiger partial charge in [0.1, 0.15) is 5.76 Å². The van der Waals surface area contributed by atoms with E-state index in [-0.39, 0.29) is 6.04 Å². The van der Waals surface area contributed by atoms with Crippen LogP contribution in [0.3, 0.4) is 0 Å². The normalized spacial score (nSPS) is 12.7. The Labute approximate surface area is 110 Å². The topological polar surface area (TPSA) is 79.9 Å². The van der Waals surface area contributed by atoms with Gasteiger partial charge in [-0.25, -0.2) is 0 Å². The summed E-state index contributed by atoms with van der Waals surface area (Å²) in [5.74, 6) is 0.959. The van der Waals surface area contributed by atoms with Crippen LogP contribution in [0.4, 0.5) is 11.4 Å². The number of nitrogen functional groups attached to an aromatic ring is 1. The Bertz CT molecular complexity index is 672. The fourth-order valence-corrected chi connectivity index (χ4v) is 2.18. The van der Waals surface area contributed by atoms with Crippen LogP contribution in [-0.2, 0) is 6.42 Å². The fraction of sp³-hybridized carbons (Fsp3) is 0.214. The summed E-state index contributed by atoms with van der Waals surface area (Å²) in [5, 5.41) is 11.4. The number of hydrogen-bond donors (Lipinski definition) is 3. The van der Waals surface area contributed by atoms with Crippen molar-refractivity contribution >= 4 is 22.3 Å². The standard InChI is InChI=1S/C14H16N4O/c1-9(5-11-3-2-4-19-11)17-14-7-13-10(6-12(14)15)8-16-18-13/h2-4,6-9,17H,5,15H2,1H3,(H,16,18). The summed E-state index contributed by atoms with van der Waals surface area (Å²) in [6, 6.07) is 8.00. The van der Waals surface area contributed by atoms with Gasteiger partial charge in [0.15, 0.2) is 0 Å². The van der Waals surface area contributed by atoms with Gasteiger partial charge in [0.2, 0.25) is 0 Å². The van der Waals surface area contributed by atoms with Crippen LogP contribution in [0.5, 0.6) is 0 Å². The first-order valence-electron chi connectivity index (χ1n) is 6.24. The average Bonchev–Trinajstić information content (AvgIpc) is 3.00. The molecule has 0 aliphatic rings. The van der Waals surface area contributed by atoms with Gasteiger partial charge in [0.05, 0.1) is 29.4 Å². The SMILES string of the molecule is CC(Cc1ccco1)Nc1cc2[nH]ncc2cc1N. The third-order valence-corrected chi connectivity index (χ3v) is 3.10. The molecule has 3 aromatic rings. The number of hydrogen-bond acceptors (Lipinski definition) is 4. The Balaban J connectivity index is 1.78. The number of anilines is 2. The number of fused-ring (bicyclic) bond motifs is 1. The van der Waals surface area contributed by atoms with E-state index in [2.05, 4.69) is 22.4 Å². The summed E-state index contributed by atoms with van der Waals surface area (Å²) in [6.45, 7) is 2.10. The maximum atomic E-state index is 6.04. The number of nitrogens with zero attached hydrogens (tertiary/aromatic N) is 1. The van der Waals surface area contributed by atoms with Gasteiger partial charge in [0, 0.05) is 17.8 Å².